The number of nitrogens with zero attached hydrogens (tertiary/aromatic N) is 3. The highest BCUT2D eigenvalue weighted by Crippen LogP contribution is 2.29. The van der Waals surface area contributed by atoms with Crippen molar-refractivity contribution >= 4 is 17.0 Å². The summed E-state index contributed by atoms with van der Waals surface area (Å²) >= 11 is 0. The average molecular weight is 592 g/mol. The Balaban J connectivity index is 1.27. The number of rotatable bonds is 9. The van der Waals surface area contributed by atoms with Gasteiger partial charge in [-0.2, -0.15) is 0 Å². The fourth-order valence-corrected chi connectivity index (χ4v) is 4.96. The van der Waals surface area contributed by atoms with Gasteiger partial charge in [-0.05, 0) is 73.0 Å². The van der Waals surface area contributed by atoms with E-state index in [1.165, 1.54) is 37.3 Å². The molecule has 0 bridgehead atoms. The highest BCUT2D eigenvalue weighted by molar-refractivity contribution is 5.92. The van der Waals surface area contributed by atoms with Crippen molar-refractivity contribution in [3.63, 3.8) is 0 Å². The van der Waals surface area contributed by atoms with Crippen LogP contribution in [0.3, 0.4) is 0 Å². The summed E-state index contributed by atoms with van der Waals surface area (Å²) in [5.41, 5.74) is 1.38. The third-order valence-electron chi connectivity index (χ3n) is 7.44. The molecule has 1 aliphatic heterocycles. The van der Waals surface area contributed by atoms with Gasteiger partial charge in [0.2, 0.25) is 5.88 Å². The average Bonchev–Trinajstić information content (AvgIpc) is 3.29. The molecule has 1 atom stereocenters. The number of carbonyl (C=O) groups is 1. The minimum atomic E-state index is -1.08. The number of hydrogen-bond acceptors (Lipinski definition) is 5. The molecule has 3 heterocycles. The largest absolute Gasteiger partial charge is 0.478 e. The van der Waals surface area contributed by atoms with E-state index in [0.717, 1.165) is 30.7 Å². The smallest absolute Gasteiger partial charge is 0.335 e. The molecular weight excluding hydrogens is 566 g/mol. The monoisotopic (exact) mass is 591 g/mol. The maximum Gasteiger partial charge on any atom is 0.335 e. The lowest BCUT2D eigenvalue weighted by Gasteiger charge is -2.27. The number of imidazole rings is 1. The minimum Gasteiger partial charge on any atom is -0.478 e. The van der Waals surface area contributed by atoms with Crippen LogP contribution >= 0.6 is 0 Å². The van der Waals surface area contributed by atoms with Crippen molar-refractivity contribution in [2.45, 2.75) is 39.0 Å². The van der Waals surface area contributed by atoms with Gasteiger partial charge in [0.05, 0.1) is 34.9 Å². The van der Waals surface area contributed by atoms with Gasteiger partial charge in [0.1, 0.15) is 35.7 Å². The van der Waals surface area contributed by atoms with E-state index >= 15 is 8.78 Å². The molecule has 7 nitrogen and oxygen atoms in total. The molecule has 0 amide bonds. The predicted octanol–water partition coefficient (Wildman–Crippen LogP) is 6.62. The first-order chi connectivity index (χ1) is 20.7. The van der Waals surface area contributed by atoms with Crippen molar-refractivity contribution in [3.8, 4) is 17.1 Å². The highest BCUT2D eigenvalue weighted by atomic mass is 19.1. The van der Waals surface area contributed by atoms with Crippen LogP contribution in [-0.4, -0.2) is 38.3 Å². The molecule has 1 N–H and O–H groups in total. The summed E-state index contributed by atoms with van der Waals surface area (Å²) in [6.45, 7) is 2.16. The number of carboxylic acid groups (broad SMARTS) is 1. The van der Waals surface area contributed by atoms with Gasteiger partial charge in [0.25, 0.3) is 0 Å². The van der Waals surface area contributed by atoms with Crippen molar-refractivity contribution in [1.82, 2.24) is 14.5 Å². The van der Waals surface area contributed by atoms with E-state index in [1.54, 1.807) is 10.6 Å². The first-order valence-electron chi connectivity index (χ1n) is 13.5. The Morgan fingerprint density at radius 3 is 2.49 bits per heavy atom. The summed E-state index contributed by atoms with van der Waals surface area (Å²) in [4.78, 5) is 20.4. The Morgan fingerprint density at radius 1 is 0.977 bits per heavy atom. The number of fused-ring (bicyclic) bond motifs is 1. The van der Waals surface area contributed by atoms with E-state index in [0.29, 0.717) is 30.0 Å². The maximum atomic E-state index is 15.4. The van der Waals surface area contributed by atoms with E-state index in [-0.39, 0.29) is 58.5 Å². The van der Waals surface area contributed by atoms with Crippen molar-refractivity contribution in [2.75, 3.05) is 6.61 Å². The molecule has 1 unspecified atom stereocenters. The Labute approximate surface area is 243 Å². The lowest BCUT2D eigenvalue weighted by Crippen LogP contribution is -2.31. The first kappa shape index (κ1) is 28.4. The van der Waals surface area contributed by atoms with Crippen LogP contribution in [0.15, 0.2) is 60.7 Å². The molecule has 3 aromatic carbocycles. The molecule has 6 rings (SSSR count). The van der Waals surface area contributed by atoms with Crippen molar-refractivity contribution in [2.24, 2.45) is 0 Å². The van der Waals surface area contributed by atoms with Gasteiger partial charge in [-0.15, -0.1) is 0 Å². The number of ether oxygens (including phenoxy) is 2. The van der Waals surface area contributed by atoms with E-state index in [4.69, 9.17) is 9.47 Å². The zero-order chi connectivity index (χ0) is 30.2. The molecule has 11 heteroatoms. The molecule has 5 aromatic rings. The summed E-state index contributed by atoms with van der Waals surface area (Å²) in [6.07, 6.45) is 0.681. The van der Waals surface area contributed by atoms with Gasteiger partial charge in [-0.25, -0.2) is 32.3 Å². The number of benzene rings is 3. The Kier molecular flexibility index (Phi) is 7.57. The van der Waals surface area contributed by atoms with Crippen LogP contribution < -0.4 is 4.74 Å². The van der Waals surface area contributed by atoms with Crippen molar-refractivity contribution in [1.29, 1.82) is 0 Å². The van der Waals surface area contributed by atoms with Crippen LogP contribution in [0.2, 0.25) is 0 Å². The summed E-state index contributed by atoms with van der Waals surface area (Å²) in [6, 6.07) is 13.3. The molecular formula is C32H25F4N3O4. The van der Waals surface area contributed by atoms with Gasteiger partial charge >= 0.3 is 5.97 Å². The maximum absolute atomic E-state index is 15.4. The summed E-state index contributed by atoms with van der Waals surface area (Å²) in [5.74, 6) is -3.25. The number of hydrogen-bond donors (Lipinski definition) is 1. The van der Waals surface area contributed by atoms with Crippen LogP contribution in [0.25, 0.3) is 22.3 Å². The van der Waals surface area contributed by atoms with Gasteiger partial charge in [-0.1, -0.05) is 6.07 Å². The normalized spacial score (nSPS) is 14.6. The molecule has 220 valence electrons. The summed E-state index contributed by atoms with van der Waals surface area (Å²) in [5, 5.41) is 9.45. The third kappa shape index (κ3) is 5.80. The second-order valence-corrected chi connectivity index (χ2v) is 10.4. The summed E-state index contributed by atoms with van der Waals surface area (Å²) in [7, 11) is 0. The quantitative estimate of drug-likeness (QED) is 0.194. The number of carboxylic acids is 1. The fraction of sp³-hybridized carbons (Fsp3) is 0.219. The molecule has 0 spiro atoms. The molecule has 0 radical (unpaired) electrons. The Bertz CT molecular complexity index is 1870. The van der Waals surface area contributed by atoms with Crippen LogP contribution in [-0.2, 0) is 24.3 Å². The predicted molar refractivity (Wildman–Crippen MR) is 149 cm³/mol. The lowest BCUT2D eigenvalue weighted by molar-refractivity contribution is -0.0589. The summed E-state index contributed by atoms with van der Waals surface area (Å²) < 4.78 is 71.8. The second kappa shape index (κ2) is 11.5. The number of aromatic nitrogens is 3. The van der Waals surface area contributed by atoms with Crippen LogP contribution in [0.4, 0.5) is 17.6 Å². The van der Waals surface area contributed by atoms with Gasteiger partial charge in [0.15, 0.2) is 0 Å². The van der Waals surface area contributed by atoms with Gasteiger partial charge in [-0.3, -0.25) is 0 Å². The topological polar surface area (TPSA) is 86.5 Å². The van der Waals surface area contributed by atoms with Crippen molar-refractivity contribution < 1.29 is 36.9 Å². The SMILES string of the molecule is Cc1cc(F)c(COc2cccc(-c3cc(F)c(Cc4nc5ccc(C(=O)O)cc5n4CC4CCO4)cc3F)n2)cc1F. The standard InChI is InChI=1S/C32H25F4N3O4/c1-17-9-24(34)20(11-23(17)33)16-43-31-4-2-3-27(38-31)22-14-25(35)19(10-26(22)36)13-30-37-28-6-5-18(32(40)41)12-29(28)39(30)15-21-7-8-42-21/h2-6,9-12,14,21H,7-8,13,15-16H2,1H3,(H,40,41). The molecule has 1 saturated heterocycles. The van der Waals surface area contributed by atoms with E-state index in [2.05, 4.69) is 9.97 Å². The number of halogens is 4. The molecule has 1 fully saturated rings. The van der Waals surface area contributed by atoms with E-state index < -0.39 is 29.2 Å². The molecule has 0 saturated carbocycles. The fourth-order valence-electron chi connectivity index (χ4n) is 4.96. The zero-order valence-corrected chi connectivity index (χ0v) is 22.9. The third-order valence-corrected chi connectivity index (χ3v) is 7.44. The lowest BCUT2D eigenvalue weighted by atomic mass is 10.0. The second-order valence-electron chi connectivity index (χ2n) is 10.4. The van der Waals surface area contributed by atoms with Crippen LogP contribution in [0.5, 0.6) is 5.88 Å². The van der Waals surface area contributed by atoms with Crippen LogP contribution in [0, 0.1) is 30.2 Å². The van der Waals surface area contributed by atoms with Gasteiger partial charge in [0, 0.05) is 30.2 Å². The molecule has 1 aliphatic rings. The Morgan fingerprint density at radius 2 is 1.74 bits per heavy atom. The van der Waals surface area contributed by atoms with Crippen molar-refractivity contribution in [3.05, 3.63) is 112 Å². The first-order valence-corrected chi connectivity index (χ1v) is 13.5. The molecule has 43 heavy (non-hydrogen) atoms. The van der Waals surface area contributed by atoms with E-state index in [9.17, 15) is 18.7 Å². The zero-order valence-electron chi connectivity index (χ0n) is 22.9. The van der Waals surface area contributed by atoms with Crippen LogP contribution in [0.1, 0.15) is 39.3 Å². The molecule has 2 aromatic heterocycles. The number of aryl methyl sites for hydroxylation is 1. The van der Waals surface area contributed by atoms with Gasteiger partial charge < -0.3 is 19.1 Å². The minimum absolute atomic E-state index is 0.00837. The number of aromatic carboxylic acids is 1. The van der Waals surface area contributed by atoms with E-state index in [1.807, 2.05) is 0 Å². The Hall–Kier alpha value is -4.77. The highest BCUT2D eigenvalue weighted by Gasteiger charge is 2.24. The molecule has 0 aliphatic carbocycles. The number of pyridine rings is 1.